The highest BCUT2D eigenvalue weighted by atomic mass is 16.5. The Balaban J connectivity index is 1.35. The third kappa shape index (κ3) is 5.01. The van der Waals surface area contributed by atoms with Gasteiger partial charge >= 0.3 is 12.1 Å². The number of carboxylic acids is 1. The van der Waals surface area contributed by atoms with E-state index in [9.17, 15) is 14.4 Å². The van der Waals surface area contributed by atoms with Gasteiger partial charge in [-0.2, -0.15) is 0 Å². The first-order valence-corrected chi connectivity index (χ1v) is 11.1. The molecular formula is C25H28N2O6. The number of hydrogen-bond donors (Lipinski definition) is 3. The Morgan fingerprint density at radius 3 is 2.24 bits per heavy atom. The molecule has 0 saturated heterocycles. The van der Waals surface area contributed by atoms with Crippen LogP contribution >= 0.6 is 0 Å². The fraction of sp³-hybridized carbons (Fsp3) is 0.400. The van der Waals surface area contributed by atoms with Gasteiger partial charge < -0.3 is 25.2 Å². The maximum atomic E-state index is 12.7. The SMILES string of the molecule is COCC(NC(=O)OCC1c2ccccc2-c2ccccc21)C(=O)N[C@@H]1CC[C@H](C(=O)O)C1. The molecule has 174 valence electrons. The molecule has 2 aliphatic carbocycles. The lowest BCUT2D eigenvalue weighted by Gasteiger charge is -2.21. The minimum absolute atomic E-state index is 0.0227. The second kappa shape index (κ2) is 10.0. The van der Waals surface area contributed by atoms with Gasteiger partial charge in [-0.3, -0.25) is 9.59 Å². The van der Waals surface area contributed by atoms with Crippen molar-refractivity contribution in [2.24, 2.45) is 5.92 Å². The number of alkyl carbamates (subject to hydrolysis) is 1. The molecule has 1 unspecified atom stereocenters. The number of fused-ring (bicyclic) bond motifs is 3. The zero-order chi connectivity index (χ0) is 23.4. The largest absolute Gasteiger partial charge is 0.481 e. The van der Waals surface area contributed by atoms with Gasteiger partial charge in [-0.25, -0.2) is 4.79 Å². The van der Waals surface area contributed by atoms with Crippen LogP contribution in [0.3, 0.4) is 0 Å². The standard InChI is InChI=1S/C25H28N2O6/c1-32-14-22(23(28)26-16-11-10-15(12-16)24(29)30)27-25(31)33-13-21-19-8-4-2-6-17(19)18-7-3-5-9-20(18)21/h2-9,15-16,21-22H,10-14H2,1H3,(H,26,28)(H,27,31)(H,29,30)/t15-,16+,22?/m0/s1. The lowest BCUT2D eigenvalue weighted by molar-refractivity contribution is -0.141. The average molecular weight is 453 g/mol. The molecule has 2 aromatic rings. The van der Waals surface area contributed by atoms with Crippen LogP contribution in [0.25, 0.3) is 11.1 Å². The molecule has 1 saturated carbocycles. The molecule has 2 amide bonds. The summed E-state index contributed by atoms with van der Waals surface area (Å²) < 4.78 is 10.6. The highest BCUT2D eigenvalue weighted by Crippen LogP contribution is 2.44. The molecule has 0 aromatic heterocycles. The van der Waals surface area contributed by atoms with Crippen LogP contribution in [0.2, 0.25) is 0 Å². The second-order valence-electron chi connectivity index (χ2n) is 8.53. The van der Waals surface area contributed by atoms with Crippen molar-refractivity contribution < 1.29 is 29.0 Å². The van der Waals surface area contributed by atoms with Crippen LogP contribution in [0.5, 0.6) is 0 Å². The minimum atomic E-state index is -0.936. The predicted octanol–water partition coefficient (Wildman–Crippen LogP) is 2.91. The molecule has 0 bridgehead atoms. The summed E-state index contributed by atoms with van der Waals surface area (Å²) in [5.41, 5.74) is 4.48. The van der Waals surface area contributed by atoms with Crippen molar-refractivity contribution in [3.8, 4) is 11.1 Å². The van der Waals surface area contributed by atoms with Crippen LogP contribution in [0.4, 0.5) is 4.79 Å². The van der Waals surface area contributed by atoms with E-state index in [1.54, 1.807) is 0 Å². The summed E-state index contributed by atoms with van der Waals surface area (Å²) in [6.07, 6.45) is 0.789. The lowest BCUT2D eigenvalue weighted by Crippen LogP contribution is -2.51. The van der Waals surface area contributed by atoms with E-state index in [2.05, 4.69) is 22.8 Å². The molecule has 3 N–H and O–H groups in total. The molecule has 0 heterocycles. The molecule has 0 aliphatic heterocycles. The number of carbonyl (C=O) groups excluding carboxylic acids is 2. The summed E-state index contributed by atoms with van der Waals surface area (Å²) in [6, 6.07) is 14.9. The minimum Gasteiger partial charge on any atom is -0.481 e. The van der Waals surface area contributed by atoms with Crippen LogP contribution in [-0.2, 0) is 19.1 Å². The van der Waals surface area contributed by atoms with Gasteiger partial charge in [-0.15, -0.1) is 0 Å². The molecule has 2 aliphatic rings. The number of carbonyl (C=O) groups is 3. The first kappa shape index (κ1) is 22.8. The normalized spacial score (nSPS) is 19.9. The van der Waals surface area contributed by atoms with E-state index in [4.69, 9.17) is 14.6 Å². The van der Waals surface area contributed by atoms with E-state index >= 15 is 0 Å². The number of nitrogens with one attached hydrogen (secondary N) is 2. The quantitative estimate of drug-likeness (QED) is 0.568. The Morgan fingerprint density at radius 2 is 1.67 bits per heavy atom. The van der Waals surface area contributed by atoms with Crippen LogP contribution in [0.1, 0.15) is 36.3 Å². The molecule has 8 heteroatoms. The maximum Gasteiger partial charge on any atom is 0.407 e. The van der Waals surface area contributed by atoms with E-state index in [1.165, 1.54) is 7.11 Å². The summed E-state index contributed by atoms with van der Waals surface area (Å²) >= 11 is 0. The second-order valence-corrected chi connectivity index (χ2v) is 8.53. The van der Waals surface area contributed by atoms with Crippen molar-refractivity contribution in [2.45, 2.75) is 37.3 Å². The summed E-state index contributed by atoms with van der Waals surface area (Å²) in [5.74, 6) is -1.80. The van der Waals surface area contributed by atoms with Crippen molar-refractivity contribution in [3.05, 3.63) is 59.7 Å². The summed E-state index contributed by atoms with van der Waals surface area (Å²) in [7, 11) is 1.44. The fourth-order valence-electron chi connectivity index (χ4n) is 4.77. The topological polar surface area (TPSA) is 114 Å². The molecule has 33 heavy (non-hydrogen) atoms. The third-order valence-electron chi connectivity index (χ3n) is 6.41. The van der Waals surface area contributed by atoms with Crippen LogP contribution in [0.15, 0.2) is 48.5 Å². The molecular weight excluding hydrogens is 424 g/mol. The van der Waals surface area contributed by atoms with Crippen molar-refractivity contribution in [1.29, 1.82) is 0 Å². The molecule has 8 nitrogen and oxygen atoms in total. The van der Waals surface area contributed by atoms with Crippen molar-refractivity contribution in [2.75, 3.05) is 20.3 Å². The molecule has 0 spiro atoms. The Bertz CT molecular complexity index is 994. The highest BCUT2D eigenvalue weighted by molar-refractivity contribution is 5.86. The van der Waals surface area contributed by atoms with Gasteiger partial charge in [0.05, 0.1) is 12.5 Å². The number of hydrogen-bond acceptors (Lipinski definition) is 5. The summed E-state index contributed by atoms with van der Waals surface area (Å²) in [4.78, 5) is 36.4. The van der Waals surface area contributed by atoms with Crippen LogP contribution in [-0.4, -0.2) is 55.5 Å². The predicted molar refractivity (Wildman–Crippen MR) is 121 cm³/mol. The average Bonchev–Trinajstić information content (AvgIpc) is 3.40. The number of carboxylic acid groups (broad SMARTS) is 1. The monoisotopic (exact) mass is 452 g/mol. The highest BCUT2D eigenvalue weighted by Gasteiger charge is 2.33. The lowest BCUT2D eigenvalue weighted by atomic mass is 9.98. The van der Waals surface area contributed by atoms with Gasteiger partial charge in [-0.05, 0) is 41.5 Å². The van der Waals surface area contributed by atoms with Gasteiger partial charge in [0.2, 0.25) is 5.91 Å². The zero-order valence-corrected chi connectivity index (χ0v) is 18.5. The van der Waals surface area contributed by atoms with Crippen molar-refractivity contribution in [3.63, 3.8) is 0 Å². The van der Waals surface area contributed by atoms with E-state index in [1.807, 2.05) is 36.4 Å². The van der Waals surface area contributed by atoms with E-state index in [0.717, 1.165) is 22.3 Å². The maximum absolute atomic E-state index is 12.7. The van der Waals surface area contributed by atoms with Crippen LogP contribution < -0.4 is 10.6 Å². The Hall–Kier alpha value is -3.39. The molecule has 4 rings (SSSR count). The number of ether oxygens (including phenoxy) is 2. The van der Waals surface area contributed by atoms with Gasteiger partial charge in [-0.1, -0.05) is 48.5 Å². The number of rotatable bonds is 8. The van der Waals surface area contributed by atoms with Gasteiger partial charge in [0.25, 0.3) is 0 Å². The summed E-state index contributed by atoms with van der Waals surface area (Å²) in [6.45, 7) is 0.120. The van der Waals surface area contributed by atoms with Crippen molar-refractivity contribution >= 4 is 18.0 Å². The molecule has 2 aromatic carbocycles. The smallest absolute Gasteiger partial charge is 0.407 e. The number of methoxy groups -OCH3 is 1. The van der Waals surface area contributed by atoms with E-state index in [0.29, 0.717) is 19.3 Å². The van der Waals surface area contributed by atoms with Crippen molar-refractivity contribution in [1.82, 2.24) is 10.6 Å². The first-order valence-electron chi connectivity index (χ1n) is 11.1. The Kier molecular flexibility index (Phi) is 6.93. The molecule has 1 fully saturated rings. The van der Waals surface area contributed by atoms with Gasteiger partial charge in [0, 0.05) is 19.1 Å². The van der Waals surface area contributed by atoms with Crippen LogP contribution in [0, 0.1) is 5.92 Å². The summed E-state index contributed by atoms with van der Waals surface area (Å²) in [5, 5.41) is 14.6. The number of aliphatic carboxylic acids is 1. The van der Waals surface area contributed by atoms with Gasteiger partial charge in [0.15, 0.2) is 0 Å². The Morgan fingerprint density at radius 1 is 1.03 bits per heavy atom. The number of benzene rings is 2. The first-order chi connectivity index (χ1) is 16.0. The fourth-order valence-corrected chi connectivity index (χ4v) is 4.77. The van der Waals surface area contributed by atoms with E-state index < -0.39 is 29.9 Å². The Labute approximate surface area is 192 Å². The number of amides is 2. The molecule has 3 atom stereocenters. The zero-order valence-electron chi connectivity index (χ0n) is 18.5. The third-order valence-corrected chi connectivity index (χ3v) is 6.41. The van der Waals surface area contributed by atoms with E-state index in [-0.39, 0.29) is 25.2 Å². The molecule has 0 radical (unpaired) electrons. The van der Waals surface area contributed by atoms with Gasteiger partial charge in [0.1, 0.15) is 12.6 Å².